The van der Waals surface area contributed by atoms with Crippen LogP contribution in [-0.2, 0) is 0 Å². The fourth-order valence-electron chi connectivity index (χ4n) is 1.87. The highest BCUT2D eigenvalue weighted by atomic mass is 15.2. The summed E-state index contributed by atoms with van der Waals surface area (Å²) in [5.41, 5.74) is 0.321. The van der Waals surface area contributed by atoms with Gasteiger partial charge in [0.25, 0.3) is 0 Å². The van der Waals surface area contributed by atoms with Crippen LogP contribution in [0.25, 0.3) is 0 Å². The second-order valence-corrected chi connectivity index (χ2v) is 4.91. The van der Waals surface area contributed by atoms with Crippen molar-refractivity contribution in [3.63, 3.8) is 0 Å². The Balaban J connectivity index is 2.42. The summed E-state index contributed by atoms with van der Waals surface area (Å²) in [6, 6.07) is 0.658. The van der Waals surface area contributed by atoms with E-state index < -0.39 is 0 Å². The molecule has 2 heteroatoms. The minimum absolute atomic E-state index is 0.321. The first-order valence-corrected chi connectivity index (χ1v) is 5.31. The number of hydrogen-bond donors (Lipinski definition) is 1. The van der Waals surface area contributed by atoms with E-state index >= 15 is 0 Å². The standard InChI is InChI=1S/C11H23N2/c1-5-6-10-9-13(8-7-12-10)11(2,3)4/h10,12H,1,5-9H2,2-4H3. The molecule has 0 amide bonds. The van der Waals surface area contributed by atoms with Crippen LogP contribution in [0.4, 0.5) is 0 Å². The molecule has 0 spiro atoms. The van der Waals surface area contributed by atoms with Gasteiger partial charge >= 0.3 is 0 Å². The topological polar surface area (TPSA) is 15.3 Å². The molecular formula is C11H23N2. The summed E-state index contributed by atoms with van der Waals surface area (Å²) in [5.74, 6) is 0. The number of nitrogens with one attached hydrogen (secondary N) is 1. The van der Waals surface area contributed by atoms with Gasteiger partial charge < -0.3 is 5.32 Å². The molecule has 2 nitrogen and oxygen atoms in total. The Morgan fingerprint density at radius 3 is 2.69 bits per heavy atom. The average Bonchev–Trinajstić information content (AvgIpc) is 2.04. The van der Waals surface area contributed by atoms with E-state index in [0.29, 0.717) is 11.6 Å². The minimum Gasteiger partial charge on any atom is -0.311 e. The second-order valence-electron chi connectivity index (χ2n) is 4.91. The fourth-order valence-corrected chi connectivity index (χ4v) is 1.87. The second kappa shape index (κ2) is 4.43. The van der Waals surface area contributed by atoms with E-state index in [1.54, 1.807) is 0 Å². The van der Waals surface area contributed by atoms with Gasteiger partial charge in [-0.1, -0.05) is 13.3 Å². The zero-order chi connectivity index (χ0) is 9.90. The SMILES string of the molecule is [CH2]CCC1CN(C(C)(C)C)CCN1. The van der Waals surface area contributed by atoms with Crippen LogP contribution in [-0.4, -0.2) is 36.1 Å². The molecule has 1 rings (SSSR count). The maximum atomic E-state index is 3.91. The number of piperazine rings is 1. The van der Waals surface area contributed by atoms with E-state index in [1.165, 1.54) is 19.5 Å². The molecule has 1 radical (unpaired) electrons. The Morgan fingerprint density at radius 2 is 2.15 bits per heavy atom. The van der Waals surface area contributed by atoms with E-state index in [1.807, 2.05) is 0 Å². The van der Waals surface area contributed by atoms with Crippen molar-refractivity contribution in [2.45, 2.75) is 45.2 Å². The molecule has 1 unspecified atom stereocenters. The van der Waals surface area contributed by atoms with Crippen molar-refractivity contribution in [2.24, 2.45) is 0 Å². The van der Waals surface area contributed by atoms with Crippen LogP contribution in [0.3, 0.4) is 0 Å². The van der Waals surface area contributed by atoms with E-state index in [9.17, 15) is 0 Å². The molecule has 1 saturated heterocycles. The minimum atomic E-state index is 0.321. The van der Waals surface area contributed by atoms with Crippen molar-refractivity contribution in [3.05, 3.63) is 6.92 Å². The van der Waals surface area contributed by atoms with Gasteiger partial charge in [-0.05, 0) is 27.2 Å². The first kappa shape index (κ1) is 11.0. The van der Waals surface area contributed by atoms with Gasteiger partial charge in [0.15, 0.2) is 0 Å². The third kappa shape index (κ3) is 3.28. The van der Waals surface area contributed by atoms with Gasteiger partial charge in [-0.2, -0.15) is 0 Å². The Kier molecular flexibility index (Phi) is 3.74. The van der Waals surface area contributed by atoms with Crippen molar-refractivity contribution in [1.82, 2.24) is 10.2 Å². The van der Waals surface area contributed by atoms with Crippen LogP contribution in [0.1, 0.15) is 33.6 Å². The molecule has 0 aromatic carbocycles. The maximum Gasteiger partial charge on any atom is 0.0195 e. The molecule has 0 bridgehead atoms. The molecule has 1 N–H and O–H groups in total. The monoisotopic (exact) mass is 183 g/mol. The average molecular weight is 183 g/mol. The number of rotatable bonds is 2. The van der Waals surface area contributed by atoms with Crippen LogP contribution in [0.2, 0.25) is 0 Å². The Labute approximate surface area is 82.7 Å². The normalized spacial score (nSPS) is 26.3. The van der Waals surface area contributed by atoms with Gasteiger partial charge in [0.2, 0.25) is 0 Å². The molecule has 1 fully saturated rings. The molecule has 1 aliphatic heterocycles. The Hall–Kier alpha value is -0.0800. The highest BCUT2D eigenvalue weighted by molar-refractivity contribution is 4.85. The Bertz CT molecular complexity index is 147. The summed E-state index contributed by atoms with van der Waals surface area (Å²) in [4.78, 5) is 2.56. The highest BCUT2D eigenvalue weighted by Crippen LogP contribution is 2.16. The molecule has 1 atom stereocenters. The Morgan fingerprint density at radius 1 is 1.46 bits per heavy atom. The third-order valence-corrected chi connectivity index (χ3v) is 2.76. The van der Waals surface area contributed by atoms with Crippen LogP contribution in [0.15, 0.2) is 0 Å². The van der Waals surface area contributed by atoms with E-state index in [0.717, 1.165) is 13.0 Å². The zero-order valence-electron chi connectivity index (χ0n) is 9.27. The third-order valence-electron chi connectivity index (χ3n) is 2.76. The predicted molar refractivity (Wildman–Crippen MR) is 57.7 cm³/mol. The van der Waals surface area contributed by atoms with Crippen LogP contribution < -0.4 is 5.32 Å². The molecule has 0 aromatic rings. The first-order valence-electron chi connectivity index (χ1n) is 5.31. The molecule has 77 valence electrons. The maximum absolute atomic E-state index is 3.91. The molecule has 0 saturated carbocycles. The van der Waals surface area contributed by atoms with Crippen LogP contribution >= 0.6 is 0 Å². The summed E-state index contributed by atoms with van der Waals surface area (Å²) in [5, 5.41) is 3.54. The lowest BCUT2D eigenvalue weighted by Crippen LogP contribution is -2.56. The van der Waals surface area contributed by atoms with Gasteiger partial charge in [-0.25, -0.2) is 0 Å². The first-order chi connectivity index (χ1) is 6.04. The van der Waals surface area contributed by atoms with E-state index in [4.69, 9.17) is 0 Å². The van der Waals surface area contributed by atoms with Gasteiger partial charge in [0.1, 0.15) is 0 Å². The van der Waals surface area contributed by atoms with Crippen LogP contribution in [0, 0.1) is 6.92 Å². The van der Waals surface area contributed by atoms with E-state index in [-0.39, 0.29) is 0 Å². The van der Waals surface area contributed by atoms with Gasteiger partial charge in [-0.15, -0.1) is 0 Å². The molecule has 0 aliphatic carbocycles. The quantitative estimate of drug-likeness (QED) is 0.700. The number of hydrogen-bond acceptors (Lipinski definition) is 2. The molecule has 0 aromatic heterocycles. The lowest BCUT2D eigenvalue weighted by molar-refractivity contribution is 0.0937. The summed E-state index contributed by atoms with van der Waals surface area (Å²) in [6.45, 7) is 14.3. The highest BCUT2D eigenvalue weighted by Gasteiger charge is 2.26. The summed E-state index contributed by atoms with van der Waals surface area (Å²) < 4.78 is 0. The van der Waals surface area contributed by atoms with Crippen molar-refractivity contribution in [3.8, 4) is 0 Å². The largest absolute Gasteiger partial charge is 0.311 e. The van der Waals surface area contributed by atoms with Gasteiger partial charge in [0.05, 0.1) is 0 Å². The predicted octanol–water partition coefficient (Wildman–Crippen LogP) is 1.67. The van der Waals surface area contributed by atoms with Crippen molar-refractivity contribution >= 4 is 0 Å². The molecule has 13 heavy (non-hydrogen) atoms. The molecule has 1 aliphatic rings. The summed E-state index contributed by atoms with van der Waals surface area (Å²) in [6.07, 6.45) is 2.24. The summed E-state index contributed by atoms with van der Waals surface area (Å²) >= 11 is 0. The summed E-state index contributed by atoms with van der Waals surface area (Å²) in [7, 11) is 0. The molecular weight excluding hydrogens is 160 g/mol. The van der Waals surface area contributed by atoms with Crippen LogP contribution in [0.5, 0.6) is 0 Å². The lowest BCUT2D eigenvalue weighted by atomic mass is 10.0. The zero-order valence-corrected chi connectivity index (χ0v) is 9.27. The van der Waals surface area contributed by atoms with E-state index in [2.05, 4.69) is 37.9 Å². The van der Waals surface area contributed by atoms with Crippen molar-refractivity contribution in [1.29, 1.82) is 0 Å². The van der Waals surface area contributed by atoms with Crippen molar-refractivity contribution in [2.75, 3.05) is 19.6 Å². The lowest BCUT2D eigenvalue weighted by Gasteiger charge is -2.42. The van der Waals surface area contributed by atoms with Gasteiger partial charge in [0, 0.05) is 31.2 Å². The fraction of sp³-hybridized carbons (Fsp3) is 0.909. The molecule has 1 heterocycles. The number of nitrogens with zero attached hydrogens (tertiary/aromatic N) is 1. The van der Waals surface area contributed by atoms with Gasteiger partial charge in [-0.3, -0.25) is 4.90 Å². The van der Waals surface area contributed by atoms with Crippen molar-refractivity contribution < 1.29 is 0 Å². The smallest absolute Gasteiger partial charge is 0.0195 e.